The molecular formula is C24H28N4S. The van der Waals surface area contributed by atoms with Gasteiger partial charge >= 0.3 is 0 Å². The second-order valence-electron chi connectivity index (χ2n) is 7.42. The number of rotatable bonds is 6. The van der Waals surface area contributed by atoms with Gasteiger partial charge in [-0.05, 0) is 62.0 Å². The smallest absolute Gasteiger partial charge is 0.0398 e. The zero-order chi connectivity index (χ0) is 20.1. The van der Waals surface area contributed by atoms with E-state index in [2.05, 4.69) is 81.6 Å². The molecule has 0 saturated carbocycles. The van der Waals surface area contributed by atoms with Gasteiger partial charge in [0.25, 0.3) is 0 Å². The van der Waals surface area contributed by atoms with E-state index >= 15 is 0 Å². The third-order valence-electron chi connectivity index (χ3n) is 5.33. The Morgan fingerprint density at radius 1 is 0.862 bits per heavy atom. The standard InChI is InChI=1S/C24H28N4S/c1-19-3-6-23(7-4-19)29-24-8-5-22(17-20(24)18-25-2)28-15-13-27(14-16-28)21-9-11-26-12-10-21/h3-12,17,25H,13-16,18H2,1-2H3. The van der Waals surface area contributed by atoms with E-state index in [9.17, 15) is 0 Å². The number of hydrogen-bond acceptors (Lipinski definition) is 5. The van der Waals surface area contributed by atoms with Crippen LogP contribution >= 0.6 is 11.8 Å². The van der Waals surface area contributed by atoms with Crippen LogP contribution in [-0.4, -0.2) is 38.2 Å². The summed E-state index contributed by atoms with van der Waals surface area (Å²) in [5.41, 5.74) is 5.23. The molecule has 1 aromatic heterocycles. The summed E-state index contributed by atoms with van der Waals surface area (Å²) in [7, 11) is 2.01. The Morgan fingerprint density at radius 3 is 2.17 bits per heavy atom. The maximum absolute atomic E-state index is 4.13. The first-order valence-corrected chi connectivity index (χ1v) is 11.0. The van der Waals surface area contributed by atoms with Gasteiger partial charge in [0, 0.05) is 66.3 Å². The highest BCUT2D eigenvalue weighted by atomic mass is 32.2. The van der Waals surface area contributed by atoms with Crippen molar-refractivity contribution >= 4 is 23.1 Å². The van der Waals surface area contributed by atoms with Gasteiger partial charge in [-0.25, -0.2) is 0 Å². The van der Waals surface area contributed by atoms with Gasteiger partial charge in [0.2, 0.25) is 0 Å². The third-order valence-corrected chi connectivity index (χ3v) is 6.46. The molecule has 1 N–H and O–H groups in total. The molecule has 0 radical (unpaired) electrons. The van der Waals surface area contributed by atoms with Crippen molar-refractivity contribution in [2.75, 3.05) is 43.0 Å². The SMILES string of the molecule is CNCc1cc(N2CCN(c3ccncc3)CC2)ccc1Sc1ccc(C)cc1. The Hall–Kier alpha value is -2.50. The van der Waals surface area contributed by atoms with Gasteiger partial charge in [0.1, 0.15) is 0 Å². The molecular weight excluding hydrogens is 376 g/mol. The lowest BCUT2D eigenvalue weighted by atomic mass is 10.1. The van der Waals surface area contributed by atoms with Crippen molar-refractivity contribution in [3.05, 3.63) is 78.1 Å². The first-order chi connectivity index (χ1) is 14.2. The monoisotopic (exact) mass is 404 g/mol. The highest BCUT2D eigenvalue weighted by Crippen LogP contribution is 2.33. The summed E-state index contributed by atoms with van der Waals surface area (Å²) >= 11 is 1.84. The Morgan fingerprint density at radius 2 is 1.52 bits per heavy atom. The van der Waals surface area contributed by atoms with Gasteiger partial charge in [0.15, 0.2) is 0 Å². The summed E-state index contributed by atoms with van der Waals surface area (Å²) in [6.45, 7) is 7.14. The van der Waals surface area contributed by atoms with Crippen LogP contribution in [0.4, 0.5) is 11.4 Å². The van der Waals surface area contributed by atoms with Crippen LogP contribution in [0.5, 0.6) is 0 Å². The lowest BCUT2D eigenvalue weighted by Crippen LogP contribution is -2.46. The summed E-state index contributed by atoms with van der Waals surface area (Å²) in [5, 5.41) is 3.33. The molecule has 0 unspecified atom stereocenters. The lowest BCUT2D eigenvalue weighted by molar-refractivity contribution is 0.652. The maximum Gasteiger partial charge on any atom is 0.0398 e. The van der Waals surface area contributed by atoms with Gasteiger partial charge in [-0.2, -0.15) is 0 Å². The number of hydrogen-bond donors (Lipinski definition) is 1. The fourth-order valence-electron chi connectivity index (χ4n) is 3.70. The van der Waals surface area contributed by atoms with E-state index in [0.717, 1.165) is 32.7 Å². The number of aromatic nitrogens is 1. The van der Waals surface area contributed by atoms with Crippen LogP contribution in [0.25, 0.3) is 0 Å². The van der Waals surface area contributed by atoms with Gasteiger partial charge < -0.3 is 15.1 Å². The Kier molecular flexibility index (Phi) is 6.37. The zero-order valence-corrected chi connectivity index (χ0v) is 18.0. The summed E-state index contributed by atoms with van der Waals surface area (Å²) in [6.07, 6.45) is 3.74. The second kappa shape index (κ2) is 9.33. The van der Waals surface area contributed by atoms with Crippen molar-refractivity contribution in [2.24, 2.45) is 0 Å². The number of benzene rings is 2. The predicted octanol–water partition coefficient (Wildman–Crippen LogP) is 4.59. The minimum atomic E-state index is 0.874. The molecule has 0 atom stereocenters. The number of nitrogens with zero attached hydrogens (tertiary/aromatic N) is 3. The Bertz CT molecular complexity index is 919. The van der Waals surface area contributed by atoms with Crippen LogP contribution < -0.4 is 15.1 Å². The number of piperazine rings is 1. The molecule has 150 valence electrons. The second-order valence-corrected chi connectivity index (χ2v) is 8.53. The fraction of sp³-hybridized carbons (Fsp3) is 0.292. The van der Waals surface area contributed by atoms with Crippen LogP contribution in [-0.2, 0) is 6.54 Å². The molecule has 0 spiro atoms. The van der Waals surface area contributed by atoms with Gasteiger partial charge in [0.05, 0.1) is 0 Å². The Labute approximate surface area is 178 Å². The van der Waals surface area contributed by atoms with Crippen molar-refractivity contribution in [1.29, 1.82) is 0 Å². The summed E-state index contributed by atoms with van der Waals surface area (Å²) in [4.78, 5) is 11.7. The molecule has 1 aliphatic rings. The first-order valence-electron chi connectivity index (χ1n) is 10.1. The molecule has 0 aliphatic carbocycles. The van der Waals surface area contributed by atoms with Crippen molar-refractivity contribution in [3.63, 3.8) is 0 Å². The molecule has 1 saturated heterocycles. The highest BCUT2D eigenvalue weighted by molar-refractivity contribution is 7.99. The average Bonchev–Trinajstić information content (AvgIpc) is 2.77. The molecule has 5 heteroatoms. The van der Waals surface area contributed by atoms with Crippen LogP contribution in [0, 0.1) is 6.92 Å². The van der Waals surface area contributed by atoms with E-state index in [1.807, 2.05) is 31.2 Å². The van der Waals surface area contributed by atoms with Gasteiger partial charge in [-0.3, -0.25) is 4.98 Å². The molecule has 2 aromatic carbocycles. The van der Waals surface area contributed by atoms with Gasteiger partial charge in [-0.1, -0.05) is 29.5 Å². The van der Waals surface area contributed by atoms with Crippen LogP contribution in [0.1, 0.15) is 11.1 Å². The van der Waals surface area contributed by atoms with Crippen LogP contribution in [0.15, 0.2) is 76.8 Å². The zero-order valence-electron chi connectivity index (χ0n) is 17.1. The Balaban J connectivity index is 1.47. The molecule has 2 heterocycles. The van der Waals surface area contributed by atoms with Crippen molar-refractivity contribution < 1.29 is 0 Å². The highest BCUT2D eigenvalue weighted by Gasteiger charge is 2.18. The van der Waals surface area contributed by atoms with Gasteiger partial charge in [-0.15, -0.1) is 0 Å². The van der Waals surface area contributed by atoms with Crippen LogP contribution in [0.2, 0.25) is 0 Å². The summed E-state index contributed by atoms with van der Waals surface area (Å²) < 4.78 is 0. The van der Waals surface area contributed by atoms with Crippen molar-refractivity contribution in [3.8, 4) is 0 Å². The lowest BCUT2D eigenvalue weighted by Gasteiger charge is -2.37. The topological polar surface area (TPSA) is 31.4 Å². The number of anilines is 2. The minimum absolute atomic E-state index is 0.874. The largest absolute Gasteiger partial charge is 0.368 e. The molecule has 29 heavy (non-hydrogen) atoms. The molecule has 4 rings (SSSR count). The van der Waals surface area contributed by atoms with Crippen LogP contribution in [0.3, 0.4) is 0 Å². The number of aryl methyl sites for hydroxylation is 1. The van der Waals surface area contributed by atoms with Crippen molar-refractivity contribution in [2.45, 2.75) is 23.3 Å². The van der Waals surface area contributed by atoms with E-state index in [0.29, 0.717) is 0 Å². The van der Waals surface area contributed by atoms with E-state index in [1.165, 1.54) is 32.3 Å². The number of pyridine rings is 1. The van der Waals surface area contributed by atoms with Crippen molar-refractivity contribution in [1.82, 2.24) is 10.3 Å². The quantitative estimate of drug-likeness (QED) is 0.650. The normalized spacial score (nSPS) is 14.3. The average molecular weight is 405 g/mol. The van der Waals surface area contributed by atoms with E-state index < -0.39 is 0 Å². The van der Waals surface area contributed by atoms with E-state index in [1.54, 1.807) is 0 Å². The molecule has 0 bridgehead atoms. The molecule has 1 fully saturated rings. The summed E-state index contributed by atoms with van der Waals surface area (Å²) in [5.74, 6) is 0. The number of nitrogens with one attached hydrogen (secondary N) is 1. The minimum Gasteiger partial charge on any atom is -0.368 e. The molecule has 0 amide bonds. The molecule has 4 nitrogen and oxygen atoms in total. The molecule has 1 aliphatic heterocycles. The fourth-order valence-corrected chi connectivity index (χ4v) is 4.63. The maximum atomic E-state index is 4.13. The summed E-state index contributed by atoms with van der Waals surface area (Å²) in [6, 6.07) is 19.9. The van der Waals surface area contributed by atoms with E-state index in [4.69, 9.17) is 0 Å². The van der Waals surface area contributed by atoms with E-state index in [-0.39, 0.29) is 0 Å². The predicted molar refractivity (Wildman–Crippen MR) is 123 cm³/mol. The third kappa shape index (κ3) is 4.92. The first kappa shape index (κ1) is 19.8. The molecule has 3 aromatic rings.